The summed E-state index contributed by atoms with van der Waals surface area (Å²) in [6.45, 7) is 2.81. The van der Waals surface area contributed by atoms with Crippen LogP contribution < -0.4 is 0 Å². The molecule has 0 aromatic heterocycles. The highest BCUT2D eigenvalue weighted by Crippen LogP contribution is 2.23. The third-order valence-corrected chi connectivity index (χ3v) is 3.52. The average molecular weight is 268 g/mol. The normalized spacial score (nSPS) is 25.3. The van der Waals surface area contributed by atoms with Crippen molar-refractivity contribution in [2.75, 3.05) is 33.7 Å². The first kappa shape index (κ1) is 15.7. The SMILES string of the molecule is CN1CCN(C)C(CC(O)CCCC(F)(F)F)C1. The van der Waals surface area contributed by atoms with E-state index in [-0.39, 0.29) is 18.9 Å². The Balaban J connectivity index is 2.24. The maximum atomic E-state index is 12.0. The van der Waals surface area contributed by atoms with Crippen LogP contribution in [0.3, 0.4) is 0 Å². The summed E-state index contributed by atoms with van der Waals surface area (Å²) >= 11 is 0. The van der Waals surface area contributed by atoms with E-state index in [2.05, 4.69) is 9.80 Å². The van der Waals surface area contributed by atoms with Gasteiger partial charge in [0.05, 0.1) is 6.10 Å². The summed E-state index contributed by atoms with van der Waals surface area (Å²) in [6.07, 6.45) is -4.75. The van der Waals surface area contributed by atoms with E-state index in [0.717, 1.165) is 19.6 Å². The van der Waals surface area contributed by atoms with Crippen LogP contribution in [0.4, 0.5) is 13.2 Å². The van der Waals surface area contributed by atoms with Gasteiger partial charge >= 0.3 is 6.18 Å². The summed E-state index contributed by atoms with van der Waals surface area (Å²) in [4.78, 5) is 4.36. The van der Waals surface area contributed by atoms with Crippen molar-refractivity contribution in [1.29, 1.82) is 0 Å². The molecule has 0 aromatic carbocycles. The van der Waals surface area contributed by atoms with Gasteiger partial charge in [-0.15, -0.1) is 0 Å². The Morgan fingerprint density at radius 1 is 1.28 bits per heavy atom. The van der Waals surface area contributed by atoms with Crippen LogP contribution in [0.1, 0.15) is 25.7 Å². The number of aliphatic hydroxyl groups excluding tert-OH is 1. The van der Waals surface area contributed by atoms with Gasteiger partial charge in [-0.2, -0.15) is 13.2 Å². The number of piperazine rings is 1. The highest BCUT2D eigenvalue weighted by atomic mass is 19.4. The number of halogens is 3. The van der Waals surface area contributed by atoms with Gasteiger partial charge < -0.3 is 14.9 Å². The lowest BCUT2D eigenvalue weighted by Gasteiger charge is -2.38. The molecule has 18 heavy (non-hydrogen) atoms. The summed E-state index contributed by atoms with van der Waals surface area (Å²) in [5.74, 6) is 0. The Labute approximate surface area is 107 Å². The largest absolute Gasteiger partial charge is 0.393 e. The molecule has 1 saturated heterocycles. The molecular weight excluding hydrogens is 245 g/mol. The second kappa shape index (κ2) is 6.73. The zero-order valence-corrected chi connectivity index (χ0v) is 11.1. The lowest BCUT2D eigenvalue weighted by molar-refractivity contribution is -0.136. The van der Waals surface area contributed by atoms with Gasteiger partial charge in [0.1, 0.15) is 0 Å². The molecule has 6 heteroatoms. The molecule has 3 nitrogen and oxygen atoms in total. The molecule has 1 aliphatic heterocycles. The zero-order valence-electron chi connectivity index (χ0n) is 11.1. The molecule has 0 aliphatic carbocycles. The fourth-order valence-corrected chi connectivity index (χ4v) is 2.33. The lowest BCUT2D eigenvalue weighted by atomic mass is 10.0. The van der Waals surface area contributed by atoms with E-state index in [4.69, 9.17) is 0 Å². The Morgan fingerprint density at radius 2 is 1.94 bits per heavy atom. The van der Waals surface area contributed by atoms with Crippen molar-refractivity contribution < 1.29 is 18.3 Å². The Bertz CT molecular complexity index is 248. The summed E-state index contributed by atoms with van der Waals surface area (Å²) in [5.41, 5.74) is 0. The fraction of sp³-hybridized carbons (Fsp3) is 1.00. The third-order valence-electron chi connectivity index (χ3n) is 3.52. The molecule has 0 amide bonds. The number of likely N-dealkylation sites (N-methyl/N-ethyl adjacent to an activating group) is 2. The van der Waals surface area contributed by atoms with Crippen molar-refractivity contribution in [3.63, 3.8) is 0 Å². The molecule has 1 aliphatic rings. The Hall–Kier alpha value is -0.330. The average Bonchev–Trinajstić information content (AvgIpc) is 2.21. The Kier molecular flexibility index (Phi) is 5.88. The Morgan fingerprint density at radius 3 is 2.56 bits per heavy atom. The summed E-state index contributed by atoms with van der Waals surface area (Å²) in [5, 5.41) is 9.79. The van der Waals surface area contributed by atoms with Crippen LogP contribution in [-0.2, 0) is 0 Å². The quantitative estimate of drug-likeness (QED) is 0.822. The summed E-state index contributed by atoms with van der Waals surface area (Å²) < 4.78 is 35.9. The first-order valence-corrected chi connectivity index (χ1v) is 6.41. The molecular formula is C12H23F3N2O. The molecule has 1 heterocycles. The molecule has 0 radical (unpaired) electrons. The highest BCUT2D eigenvalue weighted by Gasteiger charge is 2.28. The molecule has 2 atom stereocenters. The minimum absolute atomic E-state index is 0.0109. The minimum atomic E-state index is -4.11. The van der Waals surface area contributed by atoms with E-state index in [1.807, 2.05) is 14.1 Å². The smallest absolute Gasteiger partial charge is 0.389 e. The number of hydrogen-bond donors (Lipinski definition) is 1. The molecule has 2 unspecified atom stereocenters. The summed E-state index contributed by atoms with van der Waals surface area (Å²) in [7, 11) is 4.02. The molecule has 0 aromatic rings. The van der Waals surface area contributed by atoms with Crippen molar-refractivity contribution in [1.82, 2.24) is 9.80 Å². The van der Waals surface area contributed by atoms with E-state index >= 15 is 0 Å². The van der Waals surface area contributed by atoms with Gasteiger partial charge in [0.15, 0.2) is 0 Å². The molecule has 0 bridgehead atoms. The van der Waals surface area contributed by atoms with Crippen LogP contribution in [-0.4, -0.2) is 67.0 Å². The number of rotatable bonds is 5. The predicted molar refractivity (Wildman–Crippen MR) is 64.4 cm³/mol. The first-order chi connectivity index (χ1) is 8.28. The molecule has 1 fully saturated rings. The predicted octanol–water partition coefficient (Wildman–Crippen LogP) is 1.72. The molecule has 1 N–H and O–H groups in total. The number of hydrogen-bond acceptors (Lipinski definition) is 3. The van der Waals surface area contributed by atoms with Gasteiger partial charge in [-0.05, 0) is 33.4 Å². The van der Waals surface area contributed by atoms with Gasteiger partial charge in [-0.3, -0.25) is 0 Å². The van der Waals surface area contributed by atoms with Crippen LogP contribution >= 0.6 is 0 Å². The standard InChI is InChI=1S/C12H23F3N2O/c1-16-6-7-17(2)10(9-16)8-11(18)4-3-5-12(13,14)15/h10-11,18H,3-9H2,1-2H3. The van der Waals surface area contributed by atoms with E-state index in [1.54, 1.807) is 0 Å². The van der Waals surface area contributed by atoms with E-state index in [1.165, 1.54) is 0 Å². The van der Waals surface area contributed by atoms with E-state index in [0.29, 0.717) is 6.42 Å². The topological polar surface area (TPSA) is 26.7 Å². The molecule has 0 spiro atoms. The molecule has 1 rings (SSSR count). The van der Waals surface area contributed by atoms with Gasteiger partial charge in [-0.25, -0.2) is 0 Å². The molecule has 108 valence electrons. The van der Waals surface area contributed by atoms with Crippen molar-refractivity contribution in [3.8, 4) is 0 Å². The number of aliphatic hydroxyl groups is 1. The van der Waals surface area contributed by atoms with E-state index in [9.17, 15) is 18.3 Å². The minimum Gasteiger partial charge on any atom is -0.393 e. The van der Waals surface area contributed by atoms with Crippen LogP contribution in [0.25, 0.3) is 0 Å². The van der Waals surface area contributed by atoms with Crippen LogP contribution in [0.15, 0.2) is 0 Å². The van der Waals surface area contributed by atoms with Crippen LogP contribution in [0.5, 0.6) is 0 Å². The van der Waals surface area contributed by atoms with Crippen LogP contribution in [0.2, 0.25) is 0 Å². The third kappa shape index (κ3) is 6.02. The van der Waals surface area contributed by atoms with E-state index < -0.39 is 18.7 Å². The van der Waals surface area contributed by atoms with Crippen molar-refractivity contribution in [2.24, 2.45) is 0 Å². The number of alkyl halides is 3. The van der Waals surface area contributed by atoms with Gasteiger partial charge in [0.25, 0.3) is 0 Å². The van der Waals surface area contributed by atoms with Crippen molar-refractivity contribution in [3.05, 3.63) is 0 Å². The maximum Gasteiger partial charge on any atom is 0.389 e. The lowest BCUT2D eigenvalue weighted by Crippen LogP contribution is -2.50. The zero-order chi connectivity index (χ0) is 13.8. The molecule has 0 saturated carbocycles. The second-order valence-corrected chi connectivity index (χ2v) is 5.29. The van der Waals surface area contributed by atoms with Crippen LogP contribution in [0, 0.1) is 0 Å². The van der Waals surface area contributed by atoms with Crippen molar-refractivity contribution >= 4 is 0 Å². The second-order valence-electron chi connectivity index (χ2n) is 5.29. The van der Waals surface area contributed by atoms with Crippen molar-refractivity contribution in [2.45, 2.75) is 44.0 Å². The summed E-state index contributed by atoms with van der Waals surface area (Å²) in [6, 6.07) is 0.240. The van der Waals surface area contributed by atoms with Gasteiger partial charge in [0, 0.05) is 32.1 Å². The maximum absolute atomic E-state index is 12.0. The highest BCUT2D eigenvalue weighted by molar-refractivity contribution is 4.80. The fourth-order valence-electron chi connectivity index (χ4n) is 2.33. The first-order valence-electron chi connectivity index (χ1n) is 6.41. The monoisotopic (exact) mass is 268 g/mol. The number of nitrogens with zero attached hydrogens (tertiary/aromatic N) is 2. The van der Waals surface area contributed by atoms with Gasteiger partial charge in [0.2, 0.25) is 0 Å². The van der Waals surface area contributed by atoms with Gasteiger partial charge in [-0.1, -0.05) is 0 Å².